The summed E-state index contributed by atoms with van der Waals surface area (Å²) in [6, 6.07) is 0. The summed E-state index contributed by atoms with van der Waals surface area (Å²) in [4.78, 5) is 9.23. The molecule has 1 N–H and O–H groups in total. The highest BCUT2D eigenvalue weighted by molar-refractivity contribution is 7.99. The van der Waals surface area contributed by atoms with Gasteiger partial charge in [-0.15, -0.1) is 0 Å². The lowest BCUT2D eigenvalue weighted by molar-refractivity contribution is 0.605. The highest BCUT2D eigenvalue weighted by Crippen LogP contribution is 2.30. The van der Waals surface area contributed by atoms with Gasteiger partial charge in [-0.3, -0.25) is 0 Å². The van der Waals surface area contributed by atoms with E-state index in [1.54, 1.807) is 0 Å². The van der Waals surface area contributed by atoms with Crippen LogP contribution in [0.4, 0.5) is 0 Å². The molecule has 4 heteroatoms. The van der Waals surface area contributed by atoms with Crippen LogP contribution in [0.2, 0.25) is 0 Å². The molecule has 0 saturated carbocycles. The van der Waals surface area contributed by atoms with Crippen LogP contribution >= 0.6 is 11.8 Å². The largest absolute Gasteiger partial charge is 0.311 e. The molecule has 15 heavy (non-hydrogen) atoms. The summed E-state index contributed by atoms with van der Waals surface area (Å²) < 4.78 is 0. The van der Waals surface area contributed by atoms with Crippen molar-refractivity contribution >= 4 is 11.8 Å². The molecule has 2 aliphatic heterocycles. The van der Waals surface area contributed by atoms with E-state index < -0.39 is 0 Å². The summed E-state index contributed by atoms with van der Waals surface area (Å²) in [5.74, 6) is 4.14. The molecule has 0 radical (unpaired) electrons. The van der Waals surface area contributed by atoms with Crippen molar-refractivity contribution in [1.82, 2.24) is 15.3 Å². The van der Waals surface area contributed by atoms with Crippen LogP contribution in [-0.2, 0) is 13.0 Å². The predicted octanol–water partition coefficient (Wildman–Crippen LogP) is 1.34. The van der Waals surface area contributed by atoms with Gasteiger partial charge < -0.3 is 5.32 Å². The fourth-order valence-corrected chi connectivity index (χ4v) is 3.40. The Morgan fingerprint density at radius 2 is 2.47 bits per heavy atom. The monoisotopic (exact) mass is 221 g/mol. The van der Waals surface area contributed by atoms with Gasteiger partial charge in [0, 0.05) is 24.4 Å². The van der Waals surface area contributed by atoms with Gasteiger partial charge in [0.1, 0.15) is 5.82 Å². The highest BCUT2D eigenvalue weighted by atomic mass is 32.2. The molecule has 3 nitrogen and oxygen atoms in total. The summed E-state index contributed by atoms with van der Waals surface area (Å²) in [6.07, 6.45) is 4.37. The van der Waals surface area contributed by atoms with Crippen LogP contribution in [0.25, 0.3) is 0 Å². The van der Waals surface area contributed by atoms with Crippen molar-refractivity contribution in [3.63, 3.8) is 0 Å². The number of nitrogens with zero attached hydrogens (tertiary/aromatic N) is 2. The third-order valence-corrected chi connectivity index (χ3v) is 4.29. The summed E-state index contributed by atoms with van der Waals surface area (Å²) in [5.41, 5.74) is 2.56. The lowest BCUT2D eigenvalue weighted by Gasteiger charge is -2.17. The van der Waals surface area contributed by atoms with E-state index >= 15 is 0 Å². The number of hydrogen-bond acceptors (Lipinski definition) is 4. The Kier molecular flexibility index (Phi) is 2.63. The molecule has 3 heterocycles. The van der Waals surface area contributed by atoms with Gasteiger partial charge >= 0.3 is 0 Å². The van der Waals surface area contributed by atoms with Crippen LogP contribution in [-0.4, -0.2) is 28.0 Å². The minimum Gasteiger partial charge on any atom is -0.311 e. The fraction of sp³-hybridized carbons (Fsp3) is 0.636. The Morgan fingerprint density at radius 3 is 3.33 bits per heavy atom. The molecule has 80 valence electrons. The smallest absolute Gasteiger partial charge is 0.132 e. The summed E-state index contributed by atoms with van der Waals surface area (Å²) >= 11 is 2.02. The molecule has 1 aromatic rings. The maximum Gasteiger partial charge on any atom is 0.132 e. The van der Waals surface area contributed by atoms with Gasteiger partial charge in [0.15, 0.2) is 0 Å². The van der Waals surface area contributed by atoms with Crippen LogP contribution in [0.1, 0.15) is 29.4 Å². The lowest BCUT2D eigenvalue weighted by Crippen LogP contribution is -2.25. The molecular weight excluding hydrogens is 206 g/mol. The Hall–Kier alpha value is -0.610. The molecule has 3 rings (SSSR count). The van der Waals surface area contributed by atoms with E-state index in [9.17, 15) is 0 Å². The van der Waals surface area contributed by atoms with Gasteiger partial charge in [0.05, 0.1) is 5.69 Å². The molecule has 1 saturated heterocycles. The van der Waals surface area contributed by atoms with Gasteiger partial charge in [0.2, 0.25) is 0 Å². The first kappa shape index (κ1) is 9.60. The Bertz CT molecular complexity index is 361. The number of hydrogen-bond donors (Lipinski definition) is 1. The highest BCUT2D eigenvalue weighted by Gasteiger charge is 2.21. The zero-order valence-corrected chi connectivity index (χ0v) is 9.52. The molecule has 0 amide bonds. The predicted molar refractivity (Wildman–Crippen MR) is 62.1 cm³/mol. The summed E-state index contributed by atoms with van der Waals surface area (Å²) in [6.45, 7) is 1.99. The van der Waals surface area contributed by atoms with Crippen LogP contribution in [0, 0.1) is 0 Å². The number of nitrogens with one attached hydrogen (secondary N) is 1. The summed E-state index contributed by atoms with van der Waals surface area (Å²) in [7, 11) is 0. The third kappa shape index (κ3) is 1.88. The molecule has 1 aromatic heterocycles. The Labute approximate surface area is 94.1 Å². The molecule has 1 fully saturated rings. The normalized spacial score (nSPS) is 25.2. The Balaban J connectivity index is 1.89. The van der Waals surface area contributed by atoms with E-state index in [4.69, 9.17) is 4.98 Å². The third-order valence-electron chi connectivity index (χ3n) is 3.13. The number of thioether (sulfide) groups is 1. The first-order valence-electron chi connectivity index (χ1n) is 5.56. The van der Waals surface area contributed by atoms with Crippen molar-refractivity contribution in [3.05, 3.63) is 23.3 Å². The maximum atomic E-state index is 4.71. The second-order valence-electron chi connectivity index (χ2n) is 4.19. The number of aromatic nitrogens is 2. The minimum absolute atomic E-state index is 0.599. The van der Waals surface area contributed by atoms with E-state index in [0.717, 1.165) is 25.3 Å². The molecule has 2 aliphatic rings. The van der Waals surface area contributed by atoms with Crippen molar-refractivity contribution in [2.45, 2.75) is 25.3 Å². The minimum atomic E-state index is 0.599. The first-order valence-corrected chi connectivity index (χ1v) is 6.72. The molecule has 1 atom stereocenters. The molecule has 0 bridgehead atoms. The van der Waals surface area contributed by atoms with Gasteiger partial charge in [-0.05, 0) is 30.7 Å². The molecular formula is C11H15N3S. The molecule has 1 unspecified atom stereocenters. The first-order chi connectivity index (χ1) is 7.43. The second-order valence-corrected chi connectivity index (χ2v) is 5.34. The van der Waals surface area contributed by atoms with E-state index in [-0.39, 0.29) is 0 Å². The lowest BCUT2D eigenvalue weighted by atomic mass is 10.1. The zero-order valence-electron chi connectivity index (χ0n) is 8.70. The van der Waals surface area contributed by atoms with Crippen molar-refractivity contribution in [2.24, 2.45) is 0 Å². The van der Waals surface area contributed by atoms with Gasteiger partial charge in [-0.25, -0.2) is 9.97 Å². The van der Waals surface area contributed by atoms with E-state index in [2.05, 4.69) is 10.3 Å². The number of rotatable bonds is 1. The van der Waals surface area contributed by atoms with Crippen molar-refractivity contribution < 1.29 is 0 Å². The molecule has 0 aromatic carbocycles. The van der Waals surface area contributed by atoms with Crippen LogP contribution < -0.4 is 5.32 Å². The van der Waals surface area contributed by atoms with E-state index in [1.165, 1.54) is 29.2 Å². The standard InChI is InChI=1S/C11H15N3S/c1-3-12-6-10-8(1)5-13-11(14-10)9-2-4-15-7-9/h5,9,12H,1-4,6-7H2. The second kappa shape index (κ2) is 4.10. The topological polar surface area (TPSA) is 37.8 Å². The SMILES string of the molecule is c1nc(C2CCSC2)nc2c1CCNC2. The Morgan fingerprint density at radius 1 is 1.47 bits per heavy atom. The van der Waals surface area contributed by atoms with Crippen LogP contribution in [0.3, 0.4) is 0 Å². The van der Waals surface area contributed by atoms with Gasteiger partial charge in [-0.2, -0.15) is 11.8 Å². The van der Waals surface area contributed by atoms with Crippen molar-refractivity contribution in [2.75, 3.05) is 18.1 Å². The molecule has 0 aliphatic carbocycles. The van der Waals surface area contributed by atoms with Crippen LogP contribution in [0.15, 0.2) is 6.20 Å². The van der Waals surface area contributed by atoms with E-state index in [1.807, 2.05) is 18.0 Å². The number of fused-ring (bicyclic) bond motifs is 1. The van der Waals surface area contributed by atoms with Gasteiger partial charge in [0.25, 0.3) is 0 Å². The van der Waals surface area contributed by atoms with Gasteiger partial charge in [-0.1, -0.05) is 0 Å². The maximum absolute atomic E-state index is 4.71. The zero-order chi connectivity index (χ0) is 10.1. The summed E-state index contributed by atoms with van der Waals surface area (Å²) in [5, 5.41) is 3.36. The average Bonchev–Trinajstić information content (AvgIpc) is 2.82. The van der Waals surface area contributed by atoms with E-state index in [0.29, 0.717) is 5.92 Å². The van der Waals surface area contributed by atoms with Crippen LogP contribution in [0.5, 0.6) is 0 Å². The molecule has 0 spiro atoms. The van der Waals surface area contributed by atoms with Crippen molar-refractivity contribution in [1.29, 1.82) is 0 Å². The fourth-order valence-electron chi connectivity index (χ4n) is 2.18. The van der Waals surface area contributed by atoms with Crippen molar-refractivity contribution in [3.8, 4) is 0 Å². The average molecular weight is 221 g/mol. The quantitative estimate of drug-likeness (QED) is 0.776.